The molecule has 0 N–H and O–H groups in total. The lowest BCUT2D eigenvalue weighted by atomic mass is 10.0. The summed E-state index contributed by atoms with van der Waals surface area (Å²) in [5, 5.41) is 2.43. The Morgan fingerprint density at radius 1 is 0.321 bits per heavy atom. The fourth-order valence-corrected chi connectivity index (χ4v) is 7.68. The monoisotopic (exact) mass is 716 g/mol. The van der Waals surface area contributed by atoms with Gasteiger partial charge in [-0.05, 0) is 77.9 Å². The molecule has 0 unspecified atom stereocenters. The number of aromatic nitrogens is 3. The lowest BCUT2D eigenvalue weighted by Crippen LogP contribution is -2.09. The zero-order chi connectivity index (χ0) is 37.3. The average molecular weight is 717 g/mol. The molecule has 10 aromatic rings. The smallest absolute Gasteiger partial charge is 0.160 e. The van der Waals surface area contributed by atoms with Gasteiger partial charge in [-0.1, -0.05) is 152 Å². The quantitative estimate of drug-likeness (QED) is 0.157. The van der Waals surface area contributed by atoms with Gasteiger partial charge in [0, 0.05) is 50.2 Å². The maximum atomic E-state index is 5.02. The van der Waals surface area contributed by atoms with Gasteiger partial charge in [0.25, 0.3) is 0 Å². The van der Waals surface area contributed by atoms with Crippen LogP contribution in [0.15, 0.2) is 218 Å². The second kappa shape index (κ2) is 14.3. The van der Waals surface area contributed by atoms with Crippen LogP contribution in [0.25, 0.3) is 72.5 Å². The summed E-state index contributed by atoms with van der Waals surface area (Å²) in [5.41, 5.74) is 14.0. The third-order valence-electron chi connectivity index (χ3n) is 10.4. The molecule has 0 fully saturated rings. The first-order valence-corrected chi connectivity index (χ1v) is 18.9. The largest absolute Gasteiger partial charge is 0.310 e. The minimum Gasteiger partial charge on any atom is -0.310 e. The average Bonchev–Trinajstić information content (AvgIpc) is 3.61. The van der Waals surface area contributed by atoms with Crippen LogP contribution in [0.5, 0.6) is 0 Å². The van der Waals surface area contributed by atoms with Crippen molar-refractivity contribution in [2.75, 3.05) is 4.90 Å². The van der Waals surface area contributed by atoms with E-state index in [1.165, 1.54) is 21.8 Å². The lowest BCUT2D eigenvalue weighted by Gasteiger charge is -2.25. The minimum absolute atomic E-state index is 0.706. The van der Waals surface area contributed by atoms with Crippen LogP contribution in [0.4, 0.5) is 17.1 Å². The molecule has 0 saturated carbocycles. The Hall–Kier alpha value is -7.56. The molecule has 0 atom stereocenters. The van der Waals surface area contributed by atoms with Crippen LogP contribution in [-0.4, -0.2) is 14.5 Å². The second-order valence-electron chi connectivity index (χ2n) is 13.9. The van der Waals surface area contributed by atoms with Crippen molar-refractivity contribution in [3.8, 4) is 50.7 Å². The number of nitrogens with zero attached hydrogens (tertiary/aromatic N) is 4. The standard InChI is InChI=1S/C52H36N4/c1-5-15-39(16-6-1)48-36-49(40-17-7-2-8-18-40)54-52(53-48)41-27-25-37(26-28-41)38-29-31-44(32-30-38)56-50-24-14-13-23-46(50)47-35-45(33-34-51(47)56)55(42-19-9-3-10-20-42)43-21-11-4-12-22-43/h1-36H. The van der Waals surface area contributed by atoms with E-state index >= 15 is 0 Å². The molecule has 56 heavy (non-hydrogen) atoms. The molecule has 264 valence electrons. The Balaban J connectivity index is 0.993. The van der Waals surface area contributed by atoms with Gasteiger partial charge in [-0.15, -0.1) is 0 Å². The zero-order valence-electron chi connectivity index (χ0n) is 30.6. The van der Waals surface area contributed by atoms with E-state index in [9.17, 15) is 0 Å². The molecule has 0 saturated heterocycles. The second-order valence-corrected chi connectivity index (χ2v) is 13.9. The van der Waals surface area contributed by atoms with Crippen molar-refractivity contribution in [2.45, 2.75) is 0 Å². The number of rotatable bonds is 8. The van der Waals surface area contributed by atoms with Gasteiger partial charge in [0.15, 0.2) is 5.82 Å². The fourth-order valence-electron chi connectivity index (χ4n) is 7.68. The van der Waals surface area contributed by atoms with Gasteiger partial charge in [-0.25, -0.2) is 9.97 Å². The number of hydrogen-bond donors (Lipinski definition) is 0. The number of hydrogen-bond acceptors (Lipinski definition) is 3. The lowest BCUT2D eigenvalue weighted by molar-refractivity contribution is 1.18. The highest BCUT2D eigenvalue weighted by Gasteiger charge is 2.17. The van der Waals surface area contributed by atoms with Crippen LogP contribution in [0, 0.1) is 0 Å². The summed E-state index contributed by atoms with van der Waals surface area (Å²) in [6.07, 6.45) is 0. The number of benzene rings is 8. The summed E-state index contributed by atoms with van der Waals surface area (Å²) in [6.45, 7) is 0. The maximum Gasteiger partial charge on any atom is 0.160 e. The van der Waals surface area contributed by atoms with Gasteiger partial charge < -0.3 is 9.47 Å². The molecule has 2 heterocycles. The van der Waals surface area contributed by atoms with Crippen molar-refractivity contribution in [1.29, 1.82) is 0 Å². The molecule has 0 spiro atoms. The SMILES string of the molecule is c1ccc(-c2cc(-c3ccccc3)nc(-c3ccc(-c4ccc(-n5c6ccccc6c6cc(N(c7ccccc7)c7ccccc7)ccc65)cc4)cc3)n2)cc1. The summed E-state index contributed by atoms with van der Waals surface area (Å²) in [4.78, 5) is 12.4. The van der Waals surface area contributed by atoms with E-state index in [1.807, 2.05) is 36.4 Å². The van der Waals surface area contributed by atoms with Gasteiger partial charge in [0.2, 0.25) is 0 Å². The number of para-hydroxylation sites is 3. The first kappa shape index (κ1) is 33.0. The van der Waals surface area contributed by atoms with E-state index in [2.05, 4.69) is 191 Å². The van der Waals surface area contributed by atoms with Crippen LogP contribution in [0.2, 0.25) is 0 Å². The van der Waals surface area contributed by atoms with Crippen LogP contribution < -0.4 is 4.90 Å². The van der Waals surface area contributed by atoms with Crippen LogP contribution >= 0.6 is 0 Å². The molecule has 8 aromatic carbocycles. The number of fused-ring (bicyclic) bond motifs is 3. The molecule has 0 amide bonds. The Kier molecular flexibility index (Phi) is 8.47. The van der Waals surface area contributed by atoms with E-state index in [-0.39, 0.29) is 0 Å². The van der Waals surface area contributed by atoms with Crippen LogP contribution in [-0.2, 0) is 0 Å². The predicted octanol–water partition coefficient (Wildman–Crippen LogP) is 13.7. The highest BCUT2D eigenvalue weighted by Crippen LogP contribution is 2.40. The summed E-state index contributed by atoms with van der Waals surface area (Å²) >= 11 is 0. The Labute approximate surface area is 326 Å². The maximum absolute atomic E-state index is 5.02. The van der Waals surface area contributed by atoms with Crippen LogP contribution in [0.1, 0.15) is 0 Å². The summed E-state index contributed by atoms with van der Waals surface area (Å²) in [6, 6.07) is 76.8. The normalized spacial score (nSPS) is 11.2. The highest BCUT2D eigenvalue weighted by molar-refractivity contribution is 6.10. The van der Waals surface area contributed by atoms with E-state index in [0.29, 0.717) is 5.82 Å². The van der Waals surface area contributed by atoms with Crippen LogP contribution in [0.3, 0.4) is 0 Å². The molecule has 0 aliphatic heterocycles. The summed E-state index contributed by atoms with van der Waals surface area (Å²) in [5.74, 6) is 0.706. The number of anilines is 3. The van der Waals surface area contributed by atoms with E-state index < -0.39 is 0 Å². The first-order chi connectivity index (χ1) is 27.8. The van der Waals surface area contributed by atoms with Gasteiger partial charge in [-0.2, -0.15) is 0 Å². The molecule has 0 aliphatic rings. The Morgan fingerprint density at radius 2 is 0.786 bits per heavy atom. The highest BCUT2D eigenvalue weighted by atomic mass is 15.1. The minimum atomic E-state index is 0.706. The van der Waals surface area contributed by atoms with E-state index in [0.717, 1.165) is 62.0 Å². The van der Waals surface area contributed by atoms with Gasteiger partial charge in [0.1, 0.15) is 0 Å². The first-order valence-electron chi connectivity index (χ1n) is 18.9. The summed E-state index contributed by atoms with van der Waals surface area (Å²) < 4.78 is 2.37. The third kappa shape index (κ3) is 6.19. The van der Waals surface area contributed by atoms with Crippen molar-refractivity contribution in [2.24, 2.45) is 0 Å². The van der Waals surface area contributed by atoms with Crippen molar-refractivity contribution < 1.29 is 0 Å². The molecule has 0 radical (unpaired) electrons. The predicted molar refractivity (Wildman–Crippen MR) is 233 cm³/mol. The molecular formula is C52H36N4. The summed E-state index contributed by atoms with van der Waals surface area (Å²) in [7, 11) is 0. The van der Waals surface area contributed by atoms with Crippen molar-refractivity contribution in [1.82, 2.24) is 14.5 Å². The Bertz CT molecular complexity index is 2820. The molecular weight excluding hydrogens is 681 g/mol. The molecule has 4 nitrogen and oxygen atoms in total. The van der Waals surface area contributed by atoms with Crippen molar-refractivity contribution in [3.05, 3.63) is 218 Å². The molecule has 2 aromatic heterocycles. The van der Waals surface area contributed by atoms with Crippen molar-refractivity contribution >= 4 is 38.9 Å². The Morgan fingerprint density at radius 3 is 1.36 bits per heavy atom. The fraction of sp³-hybridized carbons (Fsp3) is 0. The molecule has 0 bridgehead atoms. The van der Waals surface area contributed by atoms with Gasteiger partial charge in [0.05, 0.1) is 22.4 Å². The topological polar surface area (TPSA) is 34.0 Å². The molecule has 10 rings (SSSR count). The van der Waals surface area contributed by atoms with Gasteiger partial charge in [-0.3, -0.25) is 0 Å². The van der Waals surface area contributed by atoms with E-state index in [4.69, 9.17) is 9.97 Å². The third-order valence-corrected chi connectivity index (χ3v) is 10.4. The van der Waals surface area contributed by atoms with Crippen molar-refractivity contribution in [3.63, 3.8) is 0 Å². The zero-order valence-corrected chi connectivity index (χ0v) is 30.6. The molecule has 4 heteroatoms. The molecule has 0 aliphatic carbocycles. The van der Waals surface area contributed by atoms with E-state index in [1.54, 1.807) is 0 Å². The van der Waals surface area contributed by atoms with Gasteiger partial charge >= 0.3 is 0 Å².